The Kier molecular flexibility index (Phi) is 6.07. The Morgan fingerprint density at radius 2 is 1.87 bits per heavy atom. The normalized spacial score (nSPS) is 15.2. The third-order valence-electron chi connectivity index (χ3n) is 5.63. The molecular formula is C23H25N5OS. The summed E-state index contributed by atoms with van der Waals surface area (Å²) in [7, 11) is 0. The Bertz CT molecular complexity index is 1120. The zero-order chi connectivity index (χ0) is 21.1. The van der Waals surface area contributed by atoms with Crippen LogP contribution in [0.15, 0.2) is 41.2 Å². The van der Waals surface area contributed by atoms with Crippen molar-refractivity contribution < 1.29 is 0 Å². The van der Waals surface area contributed by atoms with Crippen LogP contribution in [0.5, 0.6) is 0 Å². The lowest BCUT2D eigenvalue weighted by Gasteiger charge is -2.32. The number of hydrogen-bond donors (Lipinski definition) is 0. The summed E-state index contributed by atoms with van der Waals surface area (Å²) < 4.78 is 1.63. The van der Waals surface area contributed by atoms with Gasteiger partial charge in [-0.25, -0.2) is 9.67 Å². The minimum absolute atomic E-state index is 0.0438. The van der Waals surface area contributed by atoms with E-state index >= 15 is 0 Å². The maximum Gasteiger partial charge on any atom is 0.266 e. The fourth-order valence-corrected chi connectivity index (χ4v) is 4.87. The first kappa shape index (κ1) is 20.5. The van der Waals surface area contributed by atoms with Gasteiger partial charge in [-0.15, -0.1) is 11.3 Å². The quantitative estimate of drug-likeness (QED) is 0.629. The van der Waals surface area contributed by atoms with Crippen LogP contribution < -0.4 is 5.56 Å². The first-order valence-corrected chi connectivity index (χ1v) is 11.1. The monoisotopic (exact) mass is 419 g/mol. The Morgan fingerprint density at radius 1 is 1.13 bits per heavy atom. The predicted molar refractivity (Wildman–Crippen MR) is 118 cm³/mol. The minimum atomic E-state index is -0.0438. The highest BCUT2D eigenvalue weighted by Crippen LogP contribution is 2.27. The lowest BCUT2D eigenvalue weighted by molar-refractivity contribution is 0.163. The number of rotatable bonds is 5. The average Bonchev–Trinajstić information content (AvgIpc) is 3.09. The molecule has 0 amide bonds. The maximum atomic E-state index is 12.4. The SMILES string of the molecule is Cc1nc(C)c(-c2ccc(=O)n(CC3CCN(Cc4ccc(C#N)cc4)CC3)n2)s1. The highest BCUT2D eigenvalue weighted by molar-refractivity contribution is 7.15. The lowest BCUT2D eigenvalue weighted by Crippen LogP contribution is -2.36. The van der Waals surface area contributed by atoms with Gasteiger partial charge in [-0.1, -0.05) is 12.1 Å². The van der Waals surface area contributed by atoms with Gasteiger partial charge >= 0.3 is 0 Å². The second-order valence-electron chi connectivity index (χ2n) is 7.91. The van der Waals surface area contributed by atoms with Crippen molar-refractivity contribution in [2.45, 2.75) is 39.8 Å². The van der Waals surface area contributed by atoms with E-state index in [4.69, 9.17) is 5.26 Å². The molecule has 3 aromatic rings. The van der Waals surface area contributed by atoms with Crippen molar-refractivity contribution in [3.8, 4) is 16.6 Å². The van der Waals surface area contributed by atoms with E-state index in [1.807, 2.05) is 38.1 Å². The summed E-state index contributed by atoms with van der Waals surface area (Å²) in [6.07, 6.45) is 2.10. The van der Waals surface area contributed by atoms with E-state index in [1.165, 1.54) is 5.56 Å². The molecule has 2 aromatic heterocycles. The van der Waals surface area contributed by atoms with Gasteiger partial charge in [-0.05, 0) is 69.5 Å². The van der Waals surface area contributed by atoms with Crippen LogP contribution in [0.4, 0.5) is 0 Å². The number of thiazole rings is 1. The molecule has 1 aromatic carbocycles. The molecule has 1 aliphatic heterocycles. The van der Waals surface area contributed by atoms with Crippen molar-refractivity contribution >= 4 is 11.3 Å². The number of hydrogen-bond acceptors (Lipinski definition) is 6. The van der Waals surface area contributed by atoms with E-state index in [1.54, 1.807) is 28.2 Å². The van der Waals surface area contributed by atoms with Gasteiger partial charge in [-0.2, -0.15) is 10.4 Å². The van der Waals surface area contributed by atoms with Gasteiger partial charge < -0.3 is 0 Å². The van der Waals surface area contributed by atoms with Gasteiger partial charge in [0.2, 0.25) is 0 Å². The summed E-state index contributed by atoms with van der Waals surface area (Å²) in [4.78, 5) is 20.3. The third kappa shape index (κ3) is 4.66. The molecular weight excluding hydrogens is 394 g/mol. The number of benzene rings is 1. The van der Waals surface area contributed by atoms with Gasteiger partial charge in [-0.3, -0.25) is 9.69 Å². The Morgan fingerprint density at radius 3 is 2.50 bits per heavy atom. The molecule has 0 bridgehead atoms. The Balaban J connectivity index is 1.38. The van der Waals surface area contributed by atoms with Crippen LogP contribution >= 0.6 is 11.3 Å². The van der Waals surface area contributed by atoms with Gasteiger partial charge in [0.05, 0.1) is 27.2 Å². The van der Waals surface area contributed by atoms with Crippen molar-refractivity contribution in [3.63, 3.8) is 0 Å². The summed E-state index contributed by atoms with van der Waals surface area (Å²) >= 11 is 1.62. The van der Waals surface area contributed by atoms with Crippen LogP contribution in [-0.2, 0) is 13.1 Å². The molecule has 7 heteroatoms. The maximum absolute atomic E-state index is 12.4. The first-order valence-electron chi connectivity index (χ1n) is 10.3. The summed E-state index contributed by atoms with van der Waals surface area (Å²) in [6.45, 7) is 7.55. The highest BCUT2D eigenvalue weighted by atomic mass is 32.1. The molecule has 0 aliphatic carbocycles. The fraction of sp³-hybridized carbons (Fsp3) is 0.391. The van der Waals surface area contributed by atoms with Crippen LogP contribution in [-0.4, -0.2) is 32.8 Å². The predicted octanol–water partition coefficient (Wildman–Crippen LogP) is 3.77. The lowest BCUT2D eigenvalue weighted by atomic mass is 9.96. The largest absolute Gasteiger partial charge is 0.299 e. The summed E-state index contributed by atoms with van der Waals surface area (Å²) in [5.74, 6) is 0.451. The van der Waals surface area contributed by atoms with E-state index < -0.39 is 0 Å². The topological polar surface area (TPSA) is 74.8 Å². The molecule has 0 radical (unpaired) electrons. The molecule has 0 atom stereocenters. The van der Waals surface area contributed by atoms with Crippen molar-refractivity contribution in [1.29, 1.82) is 5.26 Å². The van der Waals surface area contributed by atoms with E-state index in [0.29, 0.717) is 18.0 Å². The fourth-order valence-electron chi connectivity index (χ4n) is 3.98. The molecule has 0 unspecified atom stereocenters. The average molecular weight is 420 g/mol. The zero-order valence-corrected chi connectivity index (χ0v) is 18.2. The number of nitriles is 1. The van der Waals surface area contributed by atoms with E-state index in [-0.39, 0.29) is 5.56 Å². The Labute approximate surface area is 180 Å². The molecule has 0 N–H and O–H groups in total. The summed E-state index contributed by atoms with van der Waals surface area (Å²) in [5.41, 5.74) is 3.68. The van der Waals surface area contributed by atoms with Crippen LogP contribution in [0.2, 0.25) is 0 Å². The number of aryl methyl sites for hydroxylation is 2. The molecule has 1 aliphatic rings. The summed E-state index contributed by atoms with van der Waals surface area (Å²) in [5, 5.41) is 14.6. The summed E-state index contributed by atoms with van der Waals surface area (Å²) in [6, 6.07) is 13.4. The minimum Gasteiger partial charge on any atom is -0.299 e. The second kappa shape index (κ2) is 8.90. The zero-order valence-electron chi connectivity index (χ0n) is 17.3. The molecule has 1 fully saturated rings. The standard InChI is InChI=1S/C23H25N5OS/c1-16-23(30-17(2)25-16)21-7-8-22(29)28(26-21)15-20-9-11-27(12-10-20)14-19-5-3-18(13-24)4-6-19/h3-8,20H,9-12,14-15H2,1-2H3. The molecule has 1 saturated heterocycles. The van der Waals surface area contributed by atoms with E-state index in [0.717, 1.165) is 53.7 Å². The van der Waals surface area contributed by atoms with Crippen LogP contribution in [0.1, 0.15) is 34.7 Å². The Hall–Kier alpha value is -2.82. The van der Waals surface area contributed by atoms with Crippen molar-refractivity contribution in [2.24, 2.45) is 5.92 Å². The molecule has 0 saturated carbocycles. The van der Waals surface area contributed by atoms with Crippen molar-refractivity contribution in [3.05, 3.63) is 68.6 Å². The first-order chi connectivity index (χ1) is 14.5. The second-order valence-corrected chi connectivity index (χ2v) is 9.12. The molecule has 3 heterocycles. The number of piperidine rings is 1. The third-order valence-corrected chi connectivity index (χ3v) is 6.73. The molecule has 6 nitrogen and oxygen atoms in total. The van der Waals surface area contributed by atoms with Gasteiger partial charge in [0.15, 0.2) is 0 Å². The van der Waals surface area contributed by atoms with E-state index in [9.17, 15) is 4.79 Å². The van der Waals surface area contributed by atoms with Gasteiger partial charge in [0.1, 0.15) is 5.69 Å². The number of nitrogens with zero attached hydrogens (tertiary/aromatic N) is 5. The van der Waals surface area contributed by atoms with Crippen molar-refractivity contribution in [2.75, 3.05) is 13.1 Å². The number of likely N-dealkylation sites (tertiary alicyclic amines) is 1. The van der Waals surface area contributed by atoms with Crippen molar-refractivity contribution in [1.82, 2.24) is 19.7 Å². The molecule has 4 rings (SSSR count). The molecule has 0 spiro atoms. The smallest absolute Gasteiger partial charge is 0.266 e. The number of aromatic nitrogens is 3. The van der Waals surface area contributed by atoms with Crippen LogP contribution in [0, 0.1) is 31.1 Å². The van der Waals surface area contributed by atoms with Gasteiger partial charge in [0, 0.05) is 19.2 Å². The highest BCUT2D eigenvalue weighted by Gasteiger charge is 2.21. The van der Waals surface area contributed by atoms with Crippen LogP contribution in [0.25, 0.3) is 10.6 Å². The molecule has 30 heavy (non-hydrogen) atoms. The van der Waals surface area contributed by atoms with Gasteiger partial charge in [0.25, 0.3) is 5.56 Å². The van der Waals surface area contributed by atoms with E-state index in [2.05, 4.69) is 21.1 Å². The molecule has 154 valence electrons. The van der Waals surface area contributed by atoms with Crippen LogP contribution in [0.3, 0.4) is 0 Å².